The Bertz CT molecular complexity index is 729. The fourth-order valence-electron chi connectivity index (χ4n) is 2.18. The van der Waals surface area contributed by atoms with Crippen molar-refractivity contribution >= 4 is 23.7 Å². The van der Waals surface area contributed by atoms with Gasteiger partial charge < -0.3 is 9.84 Å². The van der Waals surface area contributed by atoms with Crippen LogP contribution in [0, 0.1) is 0 Å². The van der Waals surface area contributed by atoms with Crippen LogP contribution in [-0.4, -0.2) is 32.5 Å². The van der Waals surface area contributed by atoms with Gasteiger partial charge in [-0.05, 0) is 26.0 Å². The maximum atomic E-state index is 12.1. The molecule has 1 aliphatic rings. The molecule has 1 aromatic heterocycles. The highest BCUT2D eigenvalue weighted by atomic mass is 32.2. The van der Waals surface area contributed by atoms with Crippen molar-refractivity contribution in [1.82, 2.24) is 20.4 Å². The summed E-state index contributed by atoms with van der Waals surface area (Å²) in [6.45, 7) is 3.32. The molecule has 0 spiro atoms. The van der Waals surface area contributed by atoms with E-state index in [0.29, 0.717) is 17.5 Å². The van der Waals surface area contributed by atoms with Crippen molar-refractivity contribution < 1.29 is 14.1 Å². The van der Waals surface area contributed by atoms with E-state index in [-0.39, 0.29) is 12.5 Å². The van der Waals surface area contributed by atoms with Gasteiger partial charge in [-0.3, -0.25) is 9.69 Å². The summed E-state index contributed by atoms with van der Waals surface area (Å²) < 4.78 is 5.17. The second kappa shape index (κ2) is 6.04. The summed E-state index contributed by atoms with van der Waals surface area (Å²) in [4.78, 5) is 30.4. The Balaban J connectivity index is 1.62. The highest BCUT2D eigenvalue weighted by Crippen LogP contribution is 2.22. The molecule has 0 saturated carbocycles. The molecule has 1 fully saturated rings. The predicted molar refractivity (Wildman–Crippen MR) is 83.5 cm³/mol. The Kier molecular flexibility index (Phi) is 4.08. The zero-order valence-corrected chi connectivity index (χ0v) is 13.6. The van der Waals surface area contributed by atoms with E-state index < -0.39 is 11.6 Å². The third-order valence-corrected chi connectivity index (χ3v) is 4.36. The molecule has 1 aliphatic heterocycles. The van der Waals surface area contributed by atoms with Crippen molar-refractivity contribution in [2.45, 2.75) is 36.6 Å². The molecule has 3 rings (SSSR count). The van der Waals surface area contributed by atoms with Gasteiger partial charge in [0, 0.05) is 4.90 Å². The molecule has 1 aromatic carbocycles. The molecule has 1 N–H and O–H groups in total. The maximum absolute atomic E-state index is 12.1. The number of thioether (sulfide) groups is 1. The third kappa shape index (κ3) is 3.37. The first-order valence-electron chi connectivity index (χ1n) is 7.09. The van der Waals surface area contributed by atoms with Crippen LogP contribution in [-0.2, 0) is 17.1 Å². The summed E-state index contributed by atoms with van der Waals surface area (Å²) >= 11 is 1.57. The number of hydrogen-bond acceptors (Lipinski definition) is 6. The van der Waals surface area contributed by atoms with E-state index in [1.807, 2.05) is 30.3 Å². The molecule has 0 radical (unpaired) electrons. The molecule has 2 aromatic rings. The van der Waals surface area contributed by atoms with Crippen LogP contribution < -0.4 is 5.32 Å². The van der Waals surface area contributed by atoms with Gasteiger partial charge in [0.2, 0.25) is 5.89 Å². The third-order valence-electron chi connectivity index (χ3n) is 3.36. The molecule has 8 heteroatoms. The van der Waals surface area contributed by atoms with Crippen LogP contribution in [0.25, 0.3) is 0 Å². The summed E-state index contributed by atoms with van der Waals surface area (Å²) in [6.07, 6.45) is 0. The highest BCUT2D eigenvalue weighted by Gasteiger charge is 2.44. The van der Waals surface area contributed by atoms with Crippen LogP contribution in [0.3, 0.4) is 0 Å². The maximum Gasteiger partial charge on any atom is 0.325 e. The molecule has 7 nitrogen and oxygen atoms in total. The van der Waals surface area contributed by atoms with Crippen molar-refractivity contribution in [2.24, 2.45) is 0 Å². The Morgan fingerprint density at radius 1 is 1.26 bits per heavy atom. The number of urea groups is 1. The number of aromatic nitrogens is 2. The molecular formula is C15H16N4O3S. The van der Waals surface area contributed by atoms with E-state index in [1.54, 1.807) is 25.6 Å². The molecule has 0 unspecified atom stereocenters. The van der Waals surface area contributed by atoms with Crippen molar-refractivity contribution in [3.63, 3.8) is 0 Å². The average Bonchev–Trinajstić information content (AvgIpc) is 3.04. The molecule has 0 bridgehead atoms. The standard InChI is InChI=1S/C15H16N4O3S/c1-15(2)13(20)19(14(21)17-15)8-11-16-12(22-18-11)9-23-10-6-4-3-5-7-10/h3-7H,8-9H2,1-2H3,(H,17,21). The SMILES string of the molecule is CC1(C)NC(=O)N(Cc2noc(CSc3ccccc3)n2)C1=O. The highest BCUT2D eigenvalue weighted by molar-refractivity contribution is 7.98. The lowest BCUT2D eigenvalue weighted by Gasteiger charge is -2.14. The lowest BCUT2D eigenvalue weighted by molar-refractivity contribution is -0.130. The lowest BCUT2D eigenvalue weighted by atomic mass is 10.1. The number of carbonyl (C=O) groups excluding carboxylic acids is 2. The van der Waals surface area contributed by atoms with E-state index in [9.17, 15) is 9.59 Å². The average molecular weight is 332 g/mol. The molecule has 0 aliphatic carbocycles. The first-order valence-corrected chi connectivity index (χ1v) is 8.08. The fourth-order valence-corrected chi connectivity index (χ4v) is 2.93. The molecule has 1 saturated heterocycles. The number of hydrogen-bond donors (Lipinski definition) is 1. The molecule has 2 heterocycles. The van der Waals surface area contributed by atoms with Gasteiger partial charge in [-0.25, -0.2) is 4.79 Å². The minimum absolute atomic E-state index is 0.00754. The molecule has 23 heavy (non-hydrogen) atoms. The Morgan fingerprint density at radius 3 is 2.65 bits per heavy atom. The quantitative estimate of drug-likeness (QED) is 0.667. The number of carbonyl (C=O) groups is 2. The van der Waals surface area contributed by atoms with Gasteiger partial charge in [-0.15, -0.1) is 11.8 Å². The Morgan fingerprint density at radius 2 is 2.00 bits per heavy atom. The predicted octanol–water partition coefficient (Wildman–Crippen LogP) is 2.19. The summed E-state index contributed by atoms with van der Waals surface area (Å²) in [5.74, 6) is 1.00. The van der Waals surface area contributed by atoms with E-state index in [2.05, 4.69) is 15.5 Å². The van der Waals surface area contributed by atoms with Gasteiger partial charge in [-0.1, -0.05) is 23.4 Å². The van der Waals surface area contributed by atoms with Crippen LogP contribution in [0.15, 0.2) is 39.8 Å². The van der Waals surface area contributed by atoms with Crippen LogP contribution in [0.4, 0.5) is 4.79 Å². The first-order chi connectivity index (χ1) is 11.0. The fraction of sp³-hybridized carbons (Fsp3) is 0.333. The summed E-state index contributed by atoms with van der Waals surface area (Å²) in [5.41, 5.74) is -0.896. The minimum Gasteiger partial charge on any atom is -0.338 e. The Labute approximate surface area is 137 Å². The normalized spacial score (nSPS) is 16.7. The van der Waals surface area contributed by atoms with Gasteiger partial charge in [0.15, 0.2) is 5.82 Å². The number of benzene rings is 1. The summed E-state index contributed by atoms with van der Waals surface area (Å²) in [5, 5.41) is 6.45. The number of imide groups is 1. The Hall–Kier alpha value is -2.35. The van der Waals surface area contributed by atoms with Gasteiger partial charge in [0.1, 0.15) is 5.54 Å². The summed E-state index contributed by atoms with van der Waals surface area (Å²) in [7, 11) is 0. The minimum atomic E-state index is -0.896. The second-order valence-electron chi connectivity index (χ2n) is 5.65. The van der Waals surface area contributed by atoms with Crippen molar-refractivity contribution in [3.8, 4) is 0 Å². The van der Waals surface area contributed by atoms with Gasteiger partial charge >= 0.3 is 6.03 Å². The number of nitrogens with one attached hydrogen (secondary N) is 1. The van der Waals surface area contributed by atoms with E-state index >= 15 is 0 Å². The van der Waals surface area contributed by atoms with E-state index in [0.717, 1.165) is 9.80 Å². The van der Waals surface area contributed by atoms with Gasteiger partial charge in [0.25, 0.3) is 5.91 Å². The van der Waals surface area contributed by atoms with Gasteiger partial charge in [-0.2, -0.15) is 4.98 Å². The number of amides is 3. The van der Waals surface area contributed by atoms with Crippen LogP contribution >= 0.6 is 11.8 Å². The molecular weight excluding hydrogens is 316 g/mol. The van der Waals surface area contributed by atoms with Gasteiger partial charge in [0.05, 0.1) is 12.3 Å². The van der Waals surface area contributed by atoms with E-state index in [4.69, 9.17) is 4.52 Å². The van der Waals surface area contributed by atoms with Crippen LogP contribution in [0.5, 0.6) is 0 Å². The smallest absolute Gasteiger partial charge is 0.325 e. The number of nitrogens with zero attached hydrogens (tertiary/aromatic N) is 3. The zero-order chi connectivity index (χ0) is 16.4. The second-order valence-corrected chi connectivity index (χ2v) is 6.70. The zero-order valence-electron chi connectivity index (χ0n) is 12.8. The molecule has 3 amide bonds. The monoisotopic (exact) mass is 332 g/mol. The molecule has 0 atom stereocenters. The van der Waals surface area contributed by atoms with Crippen molar-refractivity contribution in [3.05, 3.63) is 42.0 Å². The summed E-state index contributed by atoms with van der Waals surface area (Å²) in [6, 6.07) is 9.43. The van der Waals surface area contributed by atoms with Crippen molar-refractivity contribution in [2.75, 3.05) is 0 Å². The van der Waals surface area contributed by atoms with Crippen LogP contribution in [0.1, 0.15) is 25.6 Å². The van der Waals surface area contributed by atoms with E-state index in [1.165, 1.54) is 0 Å². The largest absolute Gasteiger partial charge is 0.338 e. The van der Waals surface area contributed by atoms with Crippen LogP contribution in [0.2, 0.25) is 0 Å². The molecule has 120 valence electrons. The van der Waals surface area contributed by atoms with Crippen molar-refractivity contribution in [1.29, 1.82) is 0 Å². The lowest BCUT2D eigenvalue weighted by Crippen LogP contribution is -2.40. The number of rotatable bonds is 5. The topological polar surface area (TPSA) is 88.3 Å². The first kappa shape index (κ1) is 15.5.